The van der Waals surface area contributed by atoms with E-state index in [1.54, 1.807) is 0 Å². The van der Waals surface area contributed by atoms with Crippen molar-refractivity contribution in [2.45, 2.75) is 0 Å². The molecule has 2 N–H and O–H groups in total. The van der Waals surface area contributed by atoms with Gasteiger partial charge >= 0.3 is 117 Å². The first-order valence-electron chi connectivity index (χ1n) is 1.88. The van der Waals surface area contributed by atoms with Crippen LogP contribution in [-0.4, -0.2) is 127 Å². The van der Waals surface area contributed by atoms with E-state index in [-0.39, 0.29) is 107 Å². The quantitative estimate of drug-likeness (QED) is 0.359. The number of carbonyl (C=O) groups excluding carboxylic acids is 1. The Balaban J connectivity index is -0.0000000112. The third-order valence-electron chi connectivity index (χ3n) is 0.341. The summed E-state index contributed by atoms with van der Waals surface area (Å²) in [6.45, 7) is 0. The van der Waals surface area contributed by atoms with Crippen LogP contribution in [0.1, 0.15) is 8.56 Å². The molecule has 0 aromatic rings. The number of rotatable bonds is 0. The van der Waals surface area contributed by atoms with Crippen molar-refractivity contribution in [1.82, 2.24) is 0 Å². The molecule has 0 heterocycles. The fraction of sp³-hybridized carbons (Fsp3) is 0. The van der Waals surface area contributed by atoms with Gasteiger partial charge in [0.15, 0.2) is 0 Å². The zero-order valence-electron chi connectivity index (χ0n) is 12.6. The molecule has 0 saturated carbocycles. The van der Waals surface area contributed by atoms with Crippen molar-refractivity contribution in [3.63, 3.8) is 0 Å². The molecule has 0 unspecified atom stereocenters. The fourth-order valence-corrected chi connectivity index (χ4v) is 0.163. The molecule has 0 fully saturated rings. The van der Waals surface area contributed by atoms with Crippen LogP contribution in [0.5, 0.6) is 0 Å². The van der Waals surface area contributed by atoms with Gasteiger partial charge in [-0.15, -0.1) is 0 Å². The van der Waals surface area contributed by atoms with Crippen LogP contribution >= 0.6 is 0 Å². The predicted molar refractivity (Wildman–Crippen MR) is 47.5 cm³/mol. The molecular formula is C3H8Ca2MgO7. The van der Waals surface area contributed by atoms with Crippen LogP contribution in [0.4, 0.5) is 14.4 Å². The number of ether oxygens (including phenoxy) is 2. The van der Waals surface area contributed by atoms with Gasteiger partial charge in [0.25, 0.3) is 0 Å². The Morgan fingerprint density at radius 1 is 0.923 bits per heavy atom. The van der Waals surface area contributed by atoms with Gasteiger partial charge in [0, 0.05) is 0 Å². The molecule has 0 aliphatic rings. The first-order chi connectivity index (χ1) is 4.52. The fourth-order valence-electron chi connectivity index (χ4n) is 0.163. The van der Waals surface area contributed by atoms with E-state index in [1.165, 1.54) is 0 Å². The molecule has 0 rings (SSSR count). The summed E-state index contributed by atoms with van der Waals surface area (Å²) in [7, 11) is 0. The monoisotopic (exact) mass is 260 g/mol. The Bertz CT molecular complexity index is 182. The van der Waals surface area contributed by atoms with E-state index < -0.39 is 18.5 Å². The van der Waals surface area contributed by atoms with Crippen molar-refractivity contribution in [2.75, 3.05) is 0 Å². The van der Waals surface area contributed by atoms with Gasteiger partial charge in [-0.05, 0) is 0 Å². The smallest absolute Gasteiger partial charge is 1.00 e. The second-order valence-electron chi connectivity index (χ2n) is 0.986. The maximum Gasteiger partial charge on any atom is 2.00 e. The van der Waals surface area contributed by atoms with Gasteiger partial charge in [-0.2, -0.15) is 0 Å². The summed E-state index contributed by atoms with van der Waals surface area (Å²) in [5, 5.41) is 15.4. The van der Waals surface area contributed by atoms with Gasteiger partial charge in [-0.1, -0.05) is 0 Å². The molecule has 0 aliphatic carbocycles. The summed E-state index contributed by atoms with van der Waals surface area (Å²) in [5.74, 6) is 0. The SMILES string of the molecule is O=C(O)OC(=O)OC(=O)O.[Ca+2].[Ca+2].[H-].[H-].[H-].[H-].[H-].[H-].[Mg+2]. The molecule has 13 heavy (non-hydrogen) atoms. The van der Waals surface area contributed by atoms with Gasteiger partial charge < -0.3 is 28.2 Å². The maximum absolute atomic E-state index is 9.86. The maximum atomic E-state index is 9.86. The van der Waals surface area contributed by atoms with E-state index in [0.29, 0.717) is 0 Å². The summed E-state index contributed by atoms with van der Waals surface area (Å²) in [5.41, 5.74) is 0. The molecule has 10 heteroatoms. The predicted octanol–water partition coefficient (Wildman–Crippen LogP) is 0.0282. The largest absolute Gasteiger partial charge is 2.00 e. The van der Waals surface area contributed by atoms with Gasteiger partial charge in [-0.25, -0.2) is 14.4 Å². The van der Waals surface area contributed by atoms with E-state index in [1.807, 2.05) is 0 Å². The first kappa shape index (κ1) is 24.0. The van der Waals surface area contributed by atoms with Crippen molar-refractivity contribution in [2.24, 2.45) is 0 Å². The summed E-state index contributed by atoms with van der Waals surface area (Å²) >= 11 is 0. The van der Waals surface area contributed by atoms with Crippen molar-refractivity contribution < 1.29 is 42.6 Å². The van der Waals surface area contributed by atoms with Crippen LogP contribution in [0.2, 0.25) is 0 Å². The molecule has 0 radical (unpaired) electrons. The molecule has 0 amide bonds. The molecule has 0 spiro atoms. The third kappa shape index (κ3) is 19.8. The van der Waals surface area contributed by atoms with Gasteiger partial charge in [0.2, 0.25) is 0 Å². The average Bonchev–Trinajstić information content (AvgIpc) is 1.58. The molecular weight excluding hydrogens is 252 g/mol. The van der Waals surface area contributed by atoms with Crippen LogP contribution in [0.25, 0.3) is 0 Å². The second-order valence-corrected chi connectivity index (χ2v) is 0.986. The Morgan fingerprint density at radius 3 is 1.31 bits per heavy atom. The minimum atomic E-state index is -1.92. The minimum Gasteiger partial charge on any atom is -1.00 e. The summed E-state index contributed by atoms with van der Waals surface area (Å²) in [4.78, 5) is 28.8. The van der Waals surface area contributed by atoms with Gasteiger partial charge in [0.05, 0.1) is 0 Å². The molecule has 0 aromatic heterocycles. The van der Waals surface area contributed by atoms with Crippen LogP contribution in [-0.2, 0) is 9.47 Å². The number of carboxylic acid groups (broad SMARTS) is 2. The molecule has 0 atom stereocenters. The van der Waals surface area contributed by atoms with Crippen LogP contribution in [0.3, 0.4) is 0 Å². The summed E-state index contributed by atoms with van der Waals surface area (Å²) < 4.78 is 6.47. The minimum absolute atomic E-state index is 0. The molecule has 68 valence electrons. The van der Waals surface area contributed by atoms with Crippen molar-refractivity contribution in [3.05, 3.63) is 0 Å². The molecule has 0 aliphatic heterocycles. The Hall–Kier alpha value is 1.50. The Morgan fingerprint density at radius 2 is 1.15 bits per heavy atom. The average molecular weight is 261 g/mol. The zero-order chi connectivity index (χ0) is 8.15. The summed E-state index contributed by atoms with van der Waals surface area (Å²) in [6.07, 6.45) is -5.64. The van der Waals surface area contributed by atoms with E-state index >= 15 is 0 Å². The Kier molecular flexibility index (Phi) is 24.9. The third-order valence-corrected chi connectivity index (χ3v) is 0.341. The van der Waals surface area contributed by atoms with Crippen molar-refractivity contribution in [3.8, 4) is 0 Å². The number of hydrogen-bond acceptors (Lipinski definition) is 5. The molecule has 7 nitrogen and oxygen atoms in total. The van der Waals surface area contributed by atoms with Crippen LogP contribution in [0, 0.1) is 0 Å². The number of carbonyl (C=O) groups is 3. The standard InChI is InChI=1S/C3H2O7.2Ca.Mg.6H/c4-1(5)9-3(8)10-2(6)7;;;;;;;;;/h(H,4,5)(H,6,7);;;;;;;;;/q;3*+2;6*-1. The van der Waals surface area contributed by atoms with E-state index in [9.17, 15) is 14.4 Å². The van der Waals surface area contributed by atoms with E-state index in [2.05, 4.69) is 9.47 Å². The van der Waals surface area contributed by atoms with Crippen LogP contribution in [0.15, 0.2) is 0 Å². The van der Waals surface area contributed by atoms with Crippen LogP contribution < -0.4 is 0 Å². The van der Waals surface area contributed by atoms with Gasteiger partial charge in [-0.3, -0.25) is 0 Å². The van der Waals surface area contributed by atoms with E-state index in [0.717, 1.165) is 0 Å². The molecule has 0 saturated heterocycles. The second kappa shape index (κ2) is 13.5. The normalized spacial score (nSPS) is 6.15. The Labute approximate surface area is 157 Å². The summed E-state index contributed by atoms with van der Waals surface area (Å²) in [6, 6.07) is 0. The number of hydrogen-bond donors (Lipinski definition) is 2. The topological polar surface area (TPSA) is 110 Å². The zero-order valence-corrected chi connectivity index (χ0v) is 12.4. The molecule has 0 bridgehead atoms. The van der Waals surface area contributed by atoms with Gasteiger partial charge in [0.1, 0.15) is 0 Å². The van der Waals surface area contributed by atoms with Crippen molar-refractivity contribution in [1.29, 1.82) is 0 Å². The van der Waals surface area contributed by atoms with E-state index in [4.69, 9.17) is 10.2 Å². The molecule has 0 aromatic carbocycles. The first-order valence-corrected chi connectivity index (χ1v) is 1.88. The van der Waals surface area contributed by atoms with Crippen molar-refractivity contribution >= 4 is 117 Å².